The largest absolute Gasteiger partial charge is 0.325 e. The third-order valence-electron chi connectivity index (χ3n) is 4.25. The molecule has 4 rings (SSSR count). The first kappa shape index (κ1) is 13.9. The number of rotatable bonds is 3. The molecule has 1 aliphatic carbocycles. The van der Waals surface area contributed by atoms with Crippen LogP contribution >= 0.6 is 0 Å². The predicted octanol–water partition coefficient (Wildman–Crippen LogP) is 4.56. The molecule has 1 fully saturated rings. The molecule has 0 radical (unpaired) electrons. The molecule has 1 N–H and O–H groups in total. The van der Waals surface area contributed by atoms with Gasteiger partial charge in [0.1, 0.15) is 0 Å². The van der Waals surface area contributed by atoms with E-state index in [0.29, 0.717) is 0 Å². The van der Waals surface area contributed by atoms with Gasteiger partial charge in [0, 0.05) is 16.9 Å². The molecular weight excluding hydrogens is 284 g/mol. The van der Waals surface area contributed by atoms with Crippen molar-refractivity contribution < 1.29 is 4.79 Å². The summed E-state index contributed by atoms with van der Waals surface area (Å²) in [5.74, 6) is 0.310. The maximum Gasteiger partial charge on any atom is 0.227 e. The highest BCUT2D eigenvalue weighted by Crippen LogP contribution is 2.33. The highest BCUT2D eigenvalue weighted by molar-refractivity contribution is 5.98. The summed E-state index contributed by atoms with van der Waals surface area (Å²) >= 11 is 0. The molecular formula is C20H18N2O. The summed E-state index contributed by atoms with van der Waals surface area (Å²) in [6.07, 6.45) is 2.00. The van der Waals surface area contributed by atoms with Gasteiger partial charge in [0.25, 0.3) is 0 Å². The number of amides is 1. The minimum atomic E-state index is 0.119. The maximum atomic E-state index is 12.1. The van der Waals surface area contributed by atoms with Crippen LogP contribution in [0.15, 0.2) is 54.6 Å². The Morgan fingerprint density at radius 2 is 1.91 bits per heavy atom. The number of nitrogens with one attached hydrogen (secondary N) is 1. The van der Waals surface area contributed by atoms with Crippen molar-refractivity contribution in [1.29, 1.82) is 0 Å². The highest BCUT2D eigenvalue weighted by atomic mass is 16.2. The average molecular weight is 302 g/mol. The number of aromatic nitrogens is 1. The Labute approximate surface area is 135 Å². The van der Waals surface area contributed by atoms with E-state index < -0.39 is 0 Å². The first-order valence-electron chi connectivity index (χ1n) is 7.98. The van der Waals surface area contributed by atoms with Crippen molar-refractivity contribution in [1.82, 2.24) is 4.98 Å². The van der Waals surface area contributed by atoms with E-state index in [1.165, 1.54) is 5.56 Å². The molecule has 1 saturated carbocycles. The molecule has 0 bridgehead atoms. The van der Waals surface area contributed by atoms with Gasteiger partial charge in [0.2, 0.25) is 5.91 Å². The van der Waals surface area contributed by atoms with Gasteiger partial charge in [-0.25, -0.2) is 4.98 Å². The third-order valence-corrected chi connectivity index (χ3v) is 4.25. The lowest BCUT2D eigenvalue weighted by molar-refractivity contribution is -0.117. The summed E-state index contributed by atoms with van der Waals surface area (Å²) in [7, 11) is 0. The zero-order chi connectivity index (χ0) is 15.8. The molecule has 3 aromatic rings. The van der Waals surface area contributed by atoms with Crippen molar-refractivity contribution in [3.05, 3.63) is 60.2 Å². The van der Waals surface area contributed by atoms with E-state index in [2.05, 4.69) is 30.4 Å². The van der Waals surface area contributed by atoms with Crippen molar-refractivity contribution in [3.63, 3.8) is 0 Å². The number of carbonyl (C=O) groups is 1. The van der Waals surface area contributed by atoms with Crippen LogP contribution in [0.2, 0.25) is 0 Å². The lowest BCUT2D eigenvalue weighted by Gasteiger charge is -2.11. The Bertz CT molecular complexity index is 897. The highest BCUT2D eigenvalue weighted by Gasteiger charge is 2.30. The molecule has 1 heterocycles. The minimum absolute atomic E-state index is 0.119. The SMILES string of the molecule is Cc1ccc2nc(-c3ccccc3NC(=O)C3CC3)ccc2c1. The number of para-hydroxylation sites is 1. The summed E-state index contributed by atoms with van der Waals surface area (Å²) in [5.41, 5.74) is 4.88. The minimum Gasteiger partial charge on any atom is -0.325 e. The van der Waals surface area contributed by atoms with Crippen molar-refractivity contribution in [2.75, 3.05) is 5.32 Å². The van der Waals surface area contributed by atoms with E-state index in [1.54, 1.807) is 0 Å². The molecule has 0 spiro atoms. The number of hydrogen-bond donors (Lipinski definition) is 1. The van der Waals surface area contributed by atoms with Gasteiger partial charge >= 0.3 is 0 Å². The van der Waals surface area contributed by atoms with Gasteiger partial charge in [-0.2, -0.15) is 0 Å². The van der Waals surface area contributed by atoms with Gasteiger partial charge in [-0.1, -0.05) is 35.9 Å². The molecule has 2 aromatic carbocycles. The second kappa shape index (κ2) is 5.51. The number of nitrogens with zero attached hydrogens (tertiary/aromatic N) is 1. The number of pyridine rings is 1. The van der Waals surface area contributed by atoms with Crippen LogP contribution in [0, 0.1) is 12.8 Å². The lowest BCUT2D eigenvalue weighted by Crippen LogP contribution is -2.14. The van der Waals surface area contributed by atoms with Crippen molar-refractivity contribution >= 4 is 22.5 Å². The second-order valence-electron chi connectivity index (χ2n) is 6.20. The fourth-order valence-electron chi connectivity index (χ4n) is 2.79. The molecule has 0 aliphatic heterocycles. The predicted molar refractivity (Wildman–Crippen MR) is 93.3 cm³/mol. The van der Waals surface area contributed by atoms with Crippen molar-refractivity contribution in [2.45, 2.75) is 19.8 Å². The summed E-state index contributed by atoms with van der Waals surface area (Å²) in [6, 6.07) is 18.2. The van der Waals surface area contributed by atoms with E-state index in [4.69, 9.17) is 4.98 Å². The monoisotopic (exact) mass is 302 g/mol. The van der Waals surface area contributed by atoms with Crippen molar-refractivity contribution in [3.8, 4) is 11.3 Å². The molecule has 0 saturated heterocycles. The van der Waals surface area contributed by atoms with Gasteiger partial charge in [-0.05, 0) is 44.0 Å². The number of carbonyl (C=O) groups excluding carboxylic acids is 1. The number of fused-ring (bicyclic) bond motifs is 1. The number of hydrogen-bond acceptors (Lipinski definition) is 2. The molecule has 0 atom stereocenters. The van der Waals surface area contributed by atoms with Gasteiger partial charge in [0.15, 0.2) is 0 Å². The van der Waals surface area contributed by atoms with Crippen LogP contribution in [-0.2, 0) is 4.79 Å². The van der Waals surface area contributed by atoms with E-state index in [-0.39, 0.29) is 11.8 Å². The maximum absolute atomic E-state index is 12.1. The van der Waals surface area contributed by atoms with Gasteiger partial charge in [0.05, 0.1) is 16.9 Å². The standard InChI is InChI=1S/C20H18N2O/c1-13-6-10-17-15(12-13)9-11-19(21-17)16-4-2-3-5-18(16)22-20(23)14-7-8-14/h2-6,9-12,14H,7-8H2,1H3,(H,22,23). The first-order valence-corrected chi connectivity index (χ1v) is 7.98. The molecule has 1 aliphatic rings. The Morgan fingerprint density at radius 3 is 2.74 bits per heavy atom. The first-order chi connectivity index (χ1) is 11.2. The van der Waals surface area contributed by atoms with Crippen LogP contribution in [0.25, 0.3) is 22.2 Å². The molecule has 114 valence electrons. The smallest absolute Gasteiger partial charge is 0.227 e. The Balaban J connectivity index is 1.74. The van der Waals surface area contributed by atoms with Gasteiger partial charge < -0.3 is 5.32 Å². The number of anilines is 1. The number of aryl methyl sites for hydroxylation is 1. The van der Waals surface area contributed by atoms with Crippen LogP contribution in [0.3, 0.4) is 0 Å². The Hall–Kier alpha value is -2.68. The van der Waals surface area contributed by atoms with Crippen LogP contribution in [-0.4, -0.2) is 10.9 Å². The zero-order valence-corrected chi connectivity index (χ0v) is 13.0. The second-order valence-corrected chi connectivity index (χ2v) is 6.20. The van der Waals surface area contributed by atoms with E-state index in [0.717, 1.165) is 40.7 Å². The molecule has 1 aromatic heterocycles. The summed E-state index contributed by atoms with van der Waals surface area (Å²) in [5, 5.41) is 4.18. The molecule has 1 amide bonds. The molecule has 0 unspecified atom stereocenters. The zero-order valence-electron chi connectivity index (χ0n) is 13.0. The molecule has 3 heteroatoms. The fraction of sp³-hybridized carbons (Fsp3) is 0.200. The third kappa shape index (κ3) is 2.82. The van der Waals surface area contributed by atoms with Gasteiger partial charge in [-0.3, -0.25) is 4.79 Å². The summed E-state index contributed by atoms with van der Waals surface area (Å²) in [4.78, 5) is 16.8. The average Bonchev–Trinajstić information content (AvgIpc) is 3.40. The lowest BCUT2D eigenvalue weighted by atomic mass is 10.1. The van der Waals surface area contributed by atoms with Crippen LogP contribution in [0.4, 0.5) is 5.69 Å². The van der Waals surface area contributed by atoms with Crippen LogP contribution in [0.5, 0.6) is 0 Å². The van der Waals surface area contributed by atoms with E-state index in [9.17, 15) is 4.79 Å². The Morgan fingerprint density at radius 1 is 1.09 bits per heavy atom. The van der Waals surface area contributed by atoms with E-state index >= 15 is 0 Å². The summed E-state index contributed by atoms with van der Waals surface area (Å²) in [6.45, 7) is 2.08. The van der Waals surface area contributed by atoms with Crippen LogP contribution < -0.4 is 5.32 Å². The van der Waals surface area contributed by atoms with E-state index in [1.807, 2.05) is 36.4 Å². The summed E-state index contributed by atoms with van der Waals surface area (Å²) < 4.78 is 0. The number of benzene rings is 2. The quantitative estimate of drug-likeness (QED) is 0.770. The topological polar surface area (TPSA) is 42.0 Å². The van der Waals surface area contributed by atoms with Crippen LogP contribution in [0.1, 0.15) is 18.4 Å². The fourth-order valence-corrected chi connectivity index (χ4v) is 2.79. The molecule has 3 nitrogen and oxygen atoms in total. The Kier molecular flexibility index (Phi) is 3.34. The van der Waals surface area contributed by atoms with Crippen molar-refractivity contribution in [2.24, 2.45) is 5.92 Å². The van der Waals surface area contributed by atoms with Gasteiger partial charge in [-0.15, -0.1) is 0 Å². The normalized spacial score (nSPS) is 14.0. The molecule has 23 heavy (non-hydrogen) atoms.